The Labute approximate surface area is 206 Å². The van der Waals surface area contributed by atoms with Crippen molar-refractivity contribution in [1.29, 1.82) is 0 Å². The molecule has 1 aromatic carbocycles. The van der Waals surface area contributed by atoms with Gasteiger partial charge < -0.3 is 19.9 Å². The van der Waals surface area contributed by atoms with Crippen LogP contribution in [0.15, 0.2) is 52.2 Å². The van der Waals surface area contributed by atoms with Crippen LogP contribution in [-0.4, -0.2) is 53.1 Å². The maximum absolute atomic E-state index is 5.38. The number of methoxy groups -OCH3 is 1. The Hall–Kier alpha value is -2.63. The molecule has 174 valence electrons. The first-order valence-corrected chi connectivity index (χ1v) is 10.7. The van der Waals surface area contributed by atoms with Crippen molar-refractivity contribution in [2.24, 2.45) is 4.99 Å². The van der Waals surface area contributed by atoms with Crippen molar-refractivity contribution in [2.75, 3.05) is 27.2 Å². The lowest BCUT2D eigenvalue weighted by molar-refractivity contribution is 0.374. The van der Waals surface area contributed by atoms with E-state index in [4.69, 9.17) is 9.26 Å². The van der Waals surface area contributed by atoms with Gasteiger partial charge in [-0.05, 0) is 49.6 Å². The number of nitrogens with one attached hydrogen (secondary N) is 2. The second-order valence-electron chi connectivity index (χ2n) is 7.10. The van der Waals surface area contributed by atoms with Crippen molar-refractivity contribution in [3.63, 3.8) is 0 Å². The van der Waals surface area contributed by atoms with Gasteiger partial charge in [-0.1, -0.05) is 11.6 Å². The third-order valence-corrected chi connectivity index (χ3v) is 4.82. The SMILES string of the molecule is CN=C(NCCCCCc1nc(-c2ccc(OC)cc2)no1)NCCCn1cccn1.I. The molecule has 0 bridgehead atoms. The van der Waals surface area contributed by atoms with Gasteiger partial charge in [-0.2, -0.15) is 10.1 Å². The lowest BCUT2D eigenvalue weighted by Crippen LogP contribution is -2.38. The molecule has 0 atom stereocenters. The predicted octanol–water partition coefficient (Wildman–Crippen LogP) is 3.53. The highest BCUT2D eigenvalue weighted by atomic mass is 127. The maximum Gasteiger partial charge on any atom is 0.226 e. The average molecular weight is 553 g/mol. The number of aromatic nitrogens is 4. The molecule has 2 N–H and O–H groups in total. The van der Waals surface area contributed by atoms with Crippen molar-refractivity contribution in [2.45, 2.75) is 38.6 Å². The minimum atomic E-state index is 0. The molecule has 0 aliphatic rings. The molecule has 0 aliphatic heterocycles. The summed E-state index contributed by atoms with van der Waals surface area (Å²) in [6.07, 6.45) is 8.67. The van der Waals surface area contributed by atoms with Gasteiger partial charge in [-0.15, -0.1) is 24.0 Å². The highest BCUT2D eigenvalue weighted by molar-refractivity contribution is 14.0. The molecule has 0 aliphatic carbocycles. The second kappa shape index (κ2) is 14.4. The molecule has 10 heteroatoms. The highest BCUT2D eigenvalue weighted by Crippen LogP contribution is 2.20. The van der Waals surface area contributed by atoms with Crippen molar-refractivity contribution in [3.8, 4) is 17.1 Å². The highest BCUT2D eigenvalue weighted by Gasteiger charge is 2.08. The van der Waals surface area contributed by atoms with Crippen LogP contribution in [0, 0.1) is 0 Å². The molecular weight excluding hydrogens is 521 g/mol. The van der Waals surface area contributed by atoms with E-state index in [1.807, 2.05) is 41.2 Å². The fourth-order valence-corrected chi connectivity index (χ4v) is 3.10. The molecule has 0 saturated carbocycles. The topological polar surface area (TPSA) is 102 Å². The zero-order valence-electron chi connectivity index (χ0n) is 18.7. The van der Waals surface area contributed by atoms with Crippen LogP contribution in [0.3, 0.4) is 0 Å². The summed E-state index contributed by atoms with van der Waals surface area (Å²) in [5.74, 6) is 2.93. The van der Waals surface area contributed by atoms with E-state index in [1.165, 1.54) is 0 Å². The number of aliphatic imine (C=N–C) groups is 1. The largest absolute Gasteiger partial charge is 0.497 e. The van der Waals surface area contributed by atoms with Gasteiger partial charge in [0.05, 0.1) is 7.11 Å². The number of ether oxygens (including phenoxy) is 1. The molecule has 3 aromatic rings. The summed E-state index contributed by atoms with van der Waals surface area (Å²) in [5, 5.41) is 15.0. The van der Waals surface area contributed by atoms with Gasteiger partial charge in [0.25, 0.3) is 0 Å². The molecule has 0 unspecified atom stereocenters. The quantitative estimate of drug-likeness (QED) is 0.153. The third-order valence-electron chi connectivity index (χ3n) is 4.82. The molecular formula is C22H32IN7O2. The first-order chi connectivity index (χ1) is 15.3. The Bertz CT molecular complexity index is 911. The van der Waals surface area contributed by atoms with Gasteiger partial charge in [0.15, 0.2) is 5.96 Å². The summed E-state index contributed by atoms with van der Waals surface area (Å²) in [4.78, 5) is 8.75. The zero-order chi connectivity index (χ0) is 21.7. The predicted molar refractivity (Wildman–Crippen MR) is 135 cm³/mol. The number of aryl methyl sites for hydroxylation is 2. The summed E-state index contributed by atoms with van der Waals surface area (Å²) >= 11 is 0. The van der Waals surface area contributed by atoms with E-state index in [0.717, 1.165) is 69.0 Å². The molecule has 2 aromatic heterocycles. The summed E-state index contributed by atoms with van der Waals surface area (Å²) in [6.45, 7) is 2.62. The Morgan fingerprint density at radius 3 is 2.56 bits per heavy atom. The van der Waals surface area contributed by atoms with Crippen molar-refractivity contribution in [1.82, 2.24) is 30.6 Å². The van der Waals surface area contributed by atoms with Gasteiger partial charge in [0, 0.05) is 51.1 Å². The van der Waals surface area contributed by atoms with Crippen LogP contribution in [-0.2, 0) is 13.0 Å². The number of halogens is 1. The summed E-state index contributed by atoms with van der Waals surface area (Å²) < 4.78 is 12.5. The first-order valence-electron chi connectivity index (χ1n) is 10.7. The zero-order valence-corrected chi connectivity index (χ0v) is 21.0. The first kappa shape index (κ1) is 25.6. The minimum Gasteiger partial charge on any atom is -0.497 e. The lowest BCUT2D eigenvalue weighted by atomic mass is 10.2. The molecule has 9 nitrogen and oxygen atoms in total. The van der Waals surface area contributed by atoms with Crippen LogP contribution in [0.1, 0.15) is 31.6 Å². The number of hydrogen-bond acceptors (Lipinski definition) is 6. The molecule has 0 spiro atoms. The monoisotopic (exact) mass is 553 g/mol. The number of guanidine groups is 1. The van der Waals surface area contributed by atoms with Gasteiger partial charge in [0.2, 0.25) is 11.7 Å². The van der Waals surface area contributed by atoms with Gasteiger partial charge in [-0.3, -0.25) is 9.67 Å². The van der Waals surface area contributed by atoms with E-state index in [0.29, 0.717) is 11.7 Å². The lowest BCUT2D eigenvalue weighted by Gasteiger charge is -2.11. The molecule has 0 radical (unpaired) electrons. The second-order valence-corrected chi connectivity index (χ2v) is 7.10. The number of benzene rings is 1. The van der Waals surface area contributed by atoms with E-state index in [2.05, 4.69) is 30.9 Å². The van der Waals surface area contributed by atoms with E-state index >= 15 is 0 Å². The molecule has 0 amide bonds. The Kier molecular flexibility index (Phi) is 11.6. The normalized spacial score (nSPS) is 11.1. The number of nitrogens with zero attached hydrogens (tertiary/aromatic N) is 5. The molecule has 2 heterocycles. The van der Waals surface area contributed by atoms with Crippen LogP contribution < -0.4 is 15.4 Å². The minimum absolute atomic E-state index is 0. The Morgan fingerprint density at radius 2 is 1.88 bits per heavy atom. The molecule has 0 fully saturated rings. The van der Waals surface area contributed by atoms with Crippen molar-refractivity contribution >= 4 is 29.9 Å². The standard InChI is InChI=1S/C22H31N7O2.HI/c1-23-22(25-14-6-16-29-17-7-15-26-29)24-13-5-3-4-8-20-27-21(28-31-20)18-9-11-19(30-2)12-10-18;/h7,9-12,15,17H,3-6,8,13-14,16H2,1-2H3,(H2,23,24,25);1H. The van der Waals surface area contributed by atoms with Crippen LogP contribution in [0.25, 0.3) is 11.4 Å². The van der Waals surface area contributed by atoms with Crippen molar-refractivity contribution < 1.29 is 9.26 Å². The average Bonchev–Trinajstić information content (AvgIpc) is 3.50. The fourth-order valence-electron chi connectivity index (χ4n) is 3.10. The van der Waals surface area contributed by atoms with E-state index in [1.54, 1.807) is 20.4 Å². The molecule has 0 saturated heterocycles. The van der Waals surface area contributed by atoms with Crippen molar-refractivity contribution in [3.05, 3.63) is 48.6 Å². The number of rotatable bonds is 12. The van der Waals surface area contributed by atoms with Gasteiger partial charge in [-0.25, -0.2) is 0 Å². The van der Waals surface area contributed by atoms with Crippen LogP contribution in [0.4, 0.5) is 0 Å². The molecule has 32 heavy (non-hydrogen) atoms. The fraction of sp³-hybridized carbons (Fsp3) is 0.455. The van der Waals surface area contributed by atoms with E-state index in [9.17, 15) is 0 Å². The van der Waals surface area contributed by atoms with Gasteiger partial charge >= 0.3 is 0 Å². The van der Waals surface area contributed by atoms with E-state index in [-0.39, 0.29) is 24.0 Å². The van der Waals surface area contributed by atoms with Crippen LogP contribution in [0.5, 0.6) is 5.75 Å². The smallest absolute Gasteiger partial charge is 0.226 e. The maximum atomic E-state index is 5.38. The summed E-state index contributed by atoms with van der Waals surface area (Å²) in [5.41, 5.74) is 0.920. The Balaban J connectivity index is 0.00000363. The summed E-state index contributed by atoms with van der Waals surface area (Å²) in [7, 11) is 3.44. The van der Waals surface area contributed by atoms with E-state index < -0.39 is 0 Å². The number of hydrogen-bond donors (Lipinski definition) is 2. The van der Waals surface area contributed by atoms with Gasteiger partial charge in [0.1, 0.15) is 5.75 Å². The number of unbranched alkanes of at least 4 members (excludes halogenated alkanes) is 2. The van der Waals surface area contributed by atoms with Crippen LogP contribution in [0.2, 0.25) is 0 Å². The summed E-state index contributed by atoms with van der Waals surface area (Å²) in [6, 6.07) is 9.57. The molecule has 3 rings (SSSR count). The Morgan fingerprint density at radius 1 is 1.09 bits per heavy atom. The third kappa shape index (κ3) is 8.48. The van der Waals surface area contributed by atoms with Crippen LogP contribution >= 0.6 is 24.0 Å².